The fourth-order valence-corrected chi connectivity index (χ4v) is 3.02. The molecule has 5 nitrogen and oxygen atoms in total. The first-order valence-corrected chi connectivity index (χ1v) is 8.74. The van der Waals surface area contributed by atoms with Gasteiger partial charge in [-0.15, -0.1) is 0 Å². The summed E-state index contributed by atoms with van der Waals surface area (Å²) >= 11 is 5.87. The highest BCUT2D eigenvalue weighted by atomic mass is 35.5. The van der Waals surface area contributed by atoms with E-state index in [1.807, 2.05) is 12.1 Å². The fraction of sp³-hybridized carbons (Fsp3) is 0.250. The Morgan fingerprint density at radius 3 is 2.08 bits per heavy atom. The summed E-state index contributed by atoms with van der Waals surface area (Å²) < 4.78 is 0. The highest BCUT2D eigenvalue weighted by Gasteiger charge is 2.28. The second-order valence-corrected chi connectivity index (χ2v) is 6.79. The molecule has 0 N–H and O–H groups in total. The Hall–Kier alpha value is -2.66. The molecule has 0 bridgehead atoms. The topological polar surface area (TPSA) is 57.7 Å². The third kappa shape index (κ3) is 4.11. The predicted molar refractivity (Wildman–Crippen MR) is 98.5 cm³/mol. The number of imide groups is 1. The molecule has 1 aliphatic heterocycles. The van der Waals surface area contributed by atoms with Crippen LogP contribution in [0, 0.1) is 0 Å². The number of nitrogens with zero attached hydrogens (tertiary/aromatic N) is 2. The van der Waals surface area contributed by atoms with E-state index in [0.29, 0.717) is 17.1 Å². The van der Waals surface area contributed by atoms with Crippen molar-refractivity contribution in [3.63, 3.8) is 0 Å². The maximum Gasteiger partial charge on any atom is 0.253 e. The van der Waals surface area contributed by atoms with Gasteiger partial charge in [-0.25, -0.2) is 0 Å². The van der Waals surface area contributed by atoms with Gasteiger partial charge in [-0.2, -0.15) is 0 Å². The first-order chi connectivity index (χ1) is 12.4. The average molecular weight is 371 g/mol. The van der Waals surface area contributed by atoms with Gasteiger partial charge in [0.2, 0.25) is 11.8 Å². The van der Waals surface area contributed by atoms with Crippen molar-refractivity contribution < 1.29 is 14.4 Å². The second kappa shape index (κ2) is 7.70. The number of hydrogen-bond donors (Lipinski definition) is 0. The van der Waals surface area contributed by atoms with Crippen molar-refractivity contribution in [2.45, 2.75) is 25.9 Å². The number of carbonyl (C=O) groups is 3. The van der Waals surface area contributed by atoms with Crippen molar-refractivity contribution >= 4 is 29.3 Å². The molecule has 1 fully saturated rings. The summed E-state index contributed by atoms with van der Waals surface area (Å²) in [5.74, 6) is -0.379. The van der Waals surface area contributed by atoms with Gasteiger partial charge < -0.3 is 4.90 Å². The minimum atomic E-state index is -0.141. The van der Waals surface area contributed by atoms with Gasteiger partial charge in [-0.05, 0) is 35.4 Å². The van der Waals surface area contributed by atoms with E-state index >= 15 is 0 Å². The van der Waals surface area contributed by atoms with Crippen LogP contribution in [0.4, 0.5) is 0 Å². The molecule has 1 saturated heterocycles. The summed E-state index contributed by atoms with van der Waals surface area (Å²) in [5, 5.41) is 0.660. The first kappa shape index (κ1) is 18.1. The van der Waals surface area contributed by atoms with Gasteiger partial charge in [0.1, 0.15) is 0 Å². The number of benzene rings is 2. The van der Waals surface area contributed by atoms with E-state index < -0.39 is 0 Å². The van der Waals surface area contributed by atoms with Gasteiger partial charge in [-0.3, -0.25) is 19.3 Å². The number of halogens is 1. The number of hydrogen-bond acceptors (Lipinski definition) is 3. The Bertz CT molecular complexity index is 815. The molecule has 3 rings (SSSR count). The summed E-state index contributed by atoms with van der Waals surface area (Å²) in [6.07, 6.45) is 0.565. The van der Waals surface area contributed by atoms with E-state index in [1.54, 1.807) is 48.3 Å². The summed E-state index contributed by atoms with van der Waals surface area (Å²) in [6.45, 7) is 0.737. The summed E-state index contributed by atoms with van der Waals surface area (Å²) in [4.78, 5) is 38.8. The molecule has 0 saturated carbocycles. The standard InChI is InChI=1S/C20H19ClN2O3/c1-22(12-14-4-8-17(21)9-5-14)20(26)16-6-2-15(3-7-16)13-23-18(24)10-11-19(23)25/h2-9H,10-13H2,1H3. The zero-order chi connectivity index (χ0) is 18.7. The normalized spacial score (nSPS) is 14.0. The SMILES string of the molecule is CN(Cc1ccc(Cl)cc1)C(=O)c1ccc(CN2C(=O)CCC2=O)cc1. The summed E-state index contributed by atoms with van der Waals surface area (Å²) in [5.41, 5.74) is 2.38. The van der Waals surface area contributed by atoms with E-state index in [0.717, 1.165) is 11.1 Å². The molecule has 2 aromatic carbocycles. The molecule has 1 heterocycles. The highest BCUT2D eigenvalue weighted by molar-refractivity contribution is 6.30. The number of rotatable bonds is 5. The van der Waals surface area contributed by atoms with E-state index in [2.05, 4.69) is 0 Å². The molecular formula is C20H19ClN2O3. The van der Waals surface area contributed by atoms with Crippen molar-refractivity contribution in [2.24, 2.45) is 0 Å². The van der Waals surface area contributed by atoms with Gasteiger partial charge in [-0.1, -0.05) is 35.9 Å². The van der Waals surface area contributed by atoms with Crippen LogP contribution < -0.4 is 0 Å². The van der Waals surface area contributed by atoms with Crippen LogP contribution in [0.3, 0.4) is 0 Å². The molecule has 0 aromatic heterocycles. The van der Waals surface area contributed by atoms with Crippen LogP contribution >= 0.6 is 11.6 Å². The van der Waals surface area contributed by atoms with Gasteiger partial charge in [0.15, 0.2) is 0 Å². The Labute approximate surface area is 157 Å². The van der Waals surface area contributed by atoms with E-state index in [9.17, 15) is 14.4 Å². The zero-order valence-corrected chi connectivity index (χ0v) is 15.2. The van der Waals surface area contributed by atoms with Crippen LogP contribution in [0.1, 0.15) is 34.3 Å². The van der Waals surface area contributed by atoms with Gasteiger partial charge >= 0.3 is 0 Å². The predicted octanol–water partition coefficient (Wildman–Crippen LogP) is 3.26. The maximum atomic E-state index is 12.6. The molecule has 0 radical (unpaired) electrons. The van der Waals surface area contributed by atoms with Gasteiger partial charge in [0, 0.05) is 37.0 Å². The lowest BCUT2D eigenvalue weighted by molar-refractivity contribution is -0.139. The molecule has 134 valence electrons. The lowest BCUT2D eigenvalue weighted by Gasteiger charge is -2.18. The van der Waals surface area contributed by atoms with Crippen molar-refractivity contribution in [3.05, 3.63) is 70.2 Å². The molecule has 0 unspecified atom stereocenters. The first-order valence-electron chi connectivity index (χ1n) is 8.36. The Morgan fingerprint density at radius 2 is 1.50 bits per heavy atom. The summed E-state index contributed by atoms with van der Waals surface area (Å²) in [7, 11) is 1.74. The number of amides is 3. The third-order valence-corrected chi connectivity index (χ3v) is 4.63. The van der Waals surface area contributed by atoms with E-state index in [1.165, 1.54) is 4.90 Å². The fourth-order valence-electron chi connectivity index (χ4n) is 2.89. The second-order valence-electron chi connectivity index (χ2n) is 6.36. The number of carbonyl (C=O) groups excluding carboxylic acids is 3. The highest BCUT2D eigenvalue weighted by Crippen LogP contribution is 2.17. The van der Waals surface area contributed by atoms with Crippen LogP contribution in [-0.2, 0) is 22.7 Å². The smallest absolute Gasteiger partial charge is 0.253 e. The Kier molecular flexibility index (Phi) is 5.38. The molecule has 1 aliphatic rings. The van der Waals surface area contributed by atoms with E-state index in [4.69, 9.17) is 11.6 Å². The molecular weight excluding hydrogens is 352 g/mol. The summed E-state index contributed by atoms with van der Waals surface area (Å²) in [6, 6.07) is 14.4. The van der Waals surface area contributed by atoms with Crippen LogP contribution in [0.5, 0.6) is 0 Å². The van der Waals surface area contributed by atoms with Crippen molar-refractivity contribution in [2.75, 3.05) is 7.05 Å². The third-order valence-electron chi connectivity index (χ3n) is 4.38. The van der Waals surface area contributed by atoms with Gasteiger partial charge in [0.05, 0.1) is 6.54 Å². The molecule has 6 heteroatoms. The van der Waals surface area contributed by atoms with Crippen LogP contribution in [0.25, 0.3) is 0 Å². The van der Waals surface area contributed by atoms with Crippen molar-refractivity contribution in [1.82, 2.24) is 9.80 Å². The Balaban J connectivity index is 1.63. The monoisotopic (exact) mass is 370 g/mol. The molecule has 0 aliphatic carbocycles. The van der Waals surface area contributed by atoms with Crippen LogP contribution in [0.2, 0.25) is 5.02 Å². The maximum absolute atomic E-state index is 12.6. The number of likely N-dealkylation sites (tertiary alicyclic amines) is 1. The molecule has 0 atom stereocenters. The quantitative estimate of drug-likeness (QED) is 0.759. The molecule has 2 aromatic rings. The lowest BCUT2D eigenvalue weighted by atomic mass is 10.1. The average Bonchev–Trinajstić information content (AvgIpc) is 2.95. The molecule has 3 amide bonds. The largest absolute Gasteiger partial charge is 0.337 e. The minimum Gasteiger partial charge on any atom is -0.337 e. The lowest BCUT2D eigenvalue weighted by Crippen LogP contribution is -2.28. The molecule has 26 heavy (non-hydrogen) atoms. The van der Waals surface area contributed by atoms with Crippen molar-refractivity contribution in [3.8, 4) is 0 Å². The zero-order valence-electron chi connectivity index (χ0n) is 14.4. The van der Waals surface area contributed by atoms with E-state index in [-0.39, 0.29) is 37.1 Å². The Morgan fingerprint density at radius 1 is 0.962 bits per heavy atom. The minimum absolute atomic E-state index is 0.0974. The van der Waals surface area contributed by atoms with Crippen LogP contribution in [-0.4, -0.2) is 34.6 Å². The van der Waals surface area contributed by atoms with Gasteiger partial charge in [0.25, 0.3) is 5.91 Å². The van der Waals surface area contributed by atoms with Crippen LogP contribution in [0.15, 0.2) is 48.5 Å². The molecule has 0 spiro atoms. The van der Waals surface area contributed by atoms with Crippen molar-refractivity contribution in [1.29, 1.82) is 0 Å².